The Kier molecular flexibility index (Phi) is 5.14. The molecule has 0 spiro atoms. The Morgan fingerprint density at radius 2 is 2.00 bits per heavy atom. The Labute approximate surface area is 107 Å². The molecule has 0 fully saturated rings. The first-order chi connectivity index (χ1) is 8.81. The van der Waals surface area contributed by atoms with Crippen LogP contribution in [0, 0.1) is 5.82 Å². The SMILES string of the molecule is CCOC(=O)CCc1ccc(OC(F)(F)F)c(F)c1. The van der Waals surface area contributed by atoms with Crippen molar-refractivity contribution < 1.29 is 31.8 Å². The van der Waals surface area contributed by atoms with Crippen LogP contribution in [-0.4, -0.2) is 18.9 Å². The van der Waals surface area contributed by atoms with Crippen molar-refractivity contribution in [2.75, 3.05) is 6.61 Å². The molecule has 0 aliphatic carbocycles. The van der Waals surface area contributed by atoms with Crippen LogP contribution in [0.15, 0.2) is 18.2 Å². The Morgan fingerprint density at radius 1 is 1.32 bits per heavy atom. The second-order valence-corrected chi connectivity index (χ2v) is 3.62. The van der Waals surface area contributed by atoms with Crippen molar-refractivity contribution in [1.29, 1.82) is 0 Å². The highest BCUT2D eigenvalue weighted by Crippen LogP contribution is 2.26. The fourth-order valence-corrected chi connectivity index (χ4v) is 1.39. The van der Waals surface area contributed by atoms with Crippen LogP contribution in [0.25, 0.3) is 0 Å². The molecule has 0 aliphatic heterocycles. The van der Waals surface area contributed by atoms with Crippen LogP contribution in [0.5, 0.6) is 5.75 Å². The zero-order valence-corrected chi connectivity index (χ0v) is 10.1. The number of hydrogen-bond donors (Lipinski definition) is 0. The molecule has 0 atom stereocenters. The average Bonchev–Trinajstić information content (AvgIpc) is 2.28. The lowest BCUT2D eigenvalue weighted by molar-refractivity contribution is -0.275. The maximum Gasteiger partial charge on any atom is 0.573 e. The summed E-state index contributed by atoms with van der Waals surface area (Å²) in [4.78, 5) is 11.1. The summed E-state index contributed by atoms with van der Waals surface area (Å²) in [5, 5.41) is 0. The van der Waals surface area contributed by atoms with E-state index >= 15 is 0 Å². The van der Waals surface area contributed by atoms with Crippen LogP contribution in [0.2, 0.25) is 0 Å². The average molecular weight is 280 g/mol. The summed E-state index contributed by atoms with van der Waals surface area (Å²) in [7, 11) is 0. The summed E-state index contributed by atoms with van der Waals surface area (Å²) in [6.07, 6.45) is -4.72. The molecule has 0 unspecified atom stereocenters. The van der Waals surface area contributed by atoms with E-state index in [1.807, 2.05) is 0 Å². The van der Waals surface area contributed by atoms with Crippen molar-refractivity contribution in [2.45, 2.75) is 26.1 Å². The molecule has 0 saturated heterocycles. The molecule has 0 aliphatic rings. The number of rotatable bonds is 5. The van der Waals surface area contributed by atoms with E-state index in [9.17, 15) is 22.4 Å². The van der Waals surface area contributed by atoms with Gasteiger partial charge in [0.15, 0.2) is 11.6 Å². The van der Waals surface area contributed by atoms with E-state index in [4.69, 9.17) is 0 Å². The molecule has 106 valence electrons. The Bertz CT molecular complexity index is 443. The normalized spacial score (nSPS) is 11.2. The number of aryl methyl sites for hydroxylation is 1. The van der Waals surface area contributed by atoms with Gasteiger partial charge in [-0.25, -0.2) is 4.39 Å². The van der Waals surface area contributed by atoms with Crippen LogP contribution in [0.3, 0.4) is 0 Å². The molecule has 19 heavy (non-hydrogen) atoms. The van der Waals surface area contributed by atoms with Gasteiger partial charge in [0.05, 0.1) is 6.61 Å². The maximum absolute atomic E-state index is 13.3. The predicted octanol–water partition coefficient (Wildman–Crippen LogP) is 3.22. The minimum atomic E-state index is -4.94. The number of carbonyl (C=O) groups excluding carboxylic acids is 1. The highest BCUT2D eigenvalue weighted by molar-refractivity contribution is 5.69. The van der Waals surface area contributed by atoms with Gasteiger partial charge in [-0.1, -0.05) is 6.07 Å². The first-order valence-electron chi connectivity index (χ1n) is 5.51. The third kappa shape index (κ3) is 5.58. The summed E-state index contributed by atoms with van der Waals surface area (Å²) in [5.74, 6) is -2.47. The van der Waals surface area contributed by atoms with Gasteiger partial charge in [-0.3, -0.25) is 4.79 Å². The van der Waals surface area contributed by atoms with Crippen LogP contribution in [0.1, 0.15) is 18.9 Å². The van der Waals surface area contributed by atoms with Gasteiger partial charge in [0.1, 0.15) is 0 Å². The number of carbonyl (C=O) groups is 1. The van der Waals surface area contributed by atoms with Crippen LogP contribution >= 0.6 is 0 Å². The van der Waals surface area contributed by atoms with Crippen molar-refractivity contribution >= 4 is 5.97 Å². The van der Waals surface area contributed by atoms with E-state index in [0.29, 0.717) is 5.56 Å². The van der Waals surface area contributed by atoms with Gasteiger partial charge in [0.25, 0.3) is 0 Å². The fraction of sp³-hybridized carbons (Fsp3) is 0.417. The smallest absolute Gasteiger partial charge is 0.466 e. The van der Waals surface area contributed by atoms with Crippen molar-refractivity contribution in [3.05, 3.63) is 29.6 Å². The van der Waals surface area contributed by atoms with E-state index in [1.165, 1.54) is 6.07 Å². The molecule has 0 amide bonds. The number of benzene rings is 1. The first-order valence-corrected chi connectivity index (χ1v) is 5.51. The molecule has 0 aromatic heterocycles. The third-order valence-electron chi connectivity index (χ3n) is 2.15. The van der Waals surface area contributed by atoms with Crippen molar-refractivity contribution in [1.82, 2.24) is 0 Å². The highest BCUT2D eigenvalue weighted by Gasteiger charge is 2.32. The lowest BCUT2D eigenvalue weighted by atomic mass is 10.1. The lowest BCUT2D eigenvalue weighted by Crippen LogP contribution is -2.18. The summed E-state index contributed by atoms with van der Waals surface area (Å²) in [6, 6.07) is 3.05. The quantitative estimate of drug-likeness (QED) is 0.613. The van der Waals surface area contributed by atoms with Crippen LogP contribution < -0.4 is 4.74 Å². The standard InChI is InChI=1S/C12H12F4O3/c1-2-18-11(17)6-4-8-3-5-10(9(13)7-8)19-12(14,15)16/h3,5,7H,2,4,6H2,1H3. The van der Waals surface area contributed by atoms with E-state index in [1.54, 1.807) is 6.92 Å². The second kappa shape index (κ2) is 6.40. The predicted molar refractivity (Wildman–Crippen MR) is 58.0 cm³/mol. The number of ether oxygens (including phenoxy) is 2. The molecule has 0 heterocycles. The Morgan fingerprint density at radius 3 is 2.53 bits per heavy atom. The topological polar surface area (TPSA) is 35.5 Å². The molecular weight excluding hydrogens is 268 g/mol. The number of esters is 1. The zero-order chi connectivity index (χ0) is 14.5. The van der Waals surface area contributed by atoms with Crippen LogP contribution in [-0.2, 0) is 16.0 Å². The molecule has 0 bridgehead atoms. The van der Waals surface area contributed by atoms with Gasteiger partial charge in [0, 0.05) is 6.42 Å². The zero-order valence-electron chi connectivity index (χ0n) is 10.1. The summed E-state index contributed by atoms with van der Waals surface area (Å²) in [5.41, 5.74) is 0.389. The fourth-order valence-electron chi connectivity index (χ4n) is 1.39. The van der Waals surface area contributed by atoms with E-state index < -0.39 is 23.9 Å². The van der Waals surface area contributed by atoms with Gasteiger partial charge in [-0.05, 0) is 31.0 Å². The molecular formula is C12H12F4O3. The molecule has 0 saturated carbocycles. The summed E-state index contributed by atoms with van der Waals surface area (Å²) >= 11 is 0. The first kappa shape index (κ1) is 15.3. The van der Waals surface area contributed by atoms with Crippen molar-refractivity contribution in [2.24, 2.45) is 0 Å². The molecule has 7 heteroatoms. The van der Waals surface area contributed by atoms with Crippen LogP contribution in [0.4, 0.5) is 17.6 Å². The maximum atomic E-state index is 13.3. The number of halogens is 4. The lowest BCUT2D eigenvalue weighted by Gasteiger charge is -2.10. The molecule has 3 nitrogen and oxygen atoms in total. The highest BCUT2D eigenvalue weighted by atomic mass is 19.4. The molecule has 1 aromatic carbocycles. The Hall–Kier alpha value is -1.79. The number of hydrogen-bond acceptors (Lipinski definition) is 3. The van der Waals surface area contributed by atoms with Gasteiger partial charge in [0.2, 0.25) is 0 Å². The molecule has 1 rings (SSSR count). The summed E-state index contributed by atoms with van der Waals surface area (Å²) < 4.78 is 57.2. The Balaban J connectivity index is 2.64. The second-order valence-electron chi connectivity index (χ2n) is 3.62. The van der Waals surface area contributed by atoms with Crippen molar-refractivity contribution in [3.8, 4) is 5.75 Å². The van der Waals surface area contributed by atoms with E-state index in [2.05, 4.69) is 9.47 Å². The van der Waals surface area contributed by atoms with Crippen molar-refractivity contribution in [3.63, 3.8) is 0 Å². The molecule has 1 aromatic rings. The van der Waals surface area contributed by atoms with Gasteiger partial charge >= 0.3 is 12.3 Å². The minimum Gasteiger partial charge on any atom is -0.466 e. The molecule has 0 N–H and O–H groups in total. The van der Waals surface area contributed by atoms with Gasteiger partial charge in [-0.15, -0.1) is 13.2 Å². The number of alkyl halides is 3. The largest absolute Gasteiger partial charge is 0.573 e. The van der Waals surface area contributed by atoms with Gasteiger partial charge in [-0.2, -0.15) is 0 Å². The minimum absolute atomic E-state index is 0.0345. The monoisotopic (exact) mass is 280 g/mol. The third-order valence-corrected chi connectivity index (χ3v) is 2.15. The van der Waals surface area contributed by atoms with E-state index in [0.717, 1.165) is 12.1 Å². The van der Waals surface area contributed by atoms with E-state index in [-0.39, 0.29) is 19.4 Å². The summed E-state index contributed by atoms with van der Waals surface area (Å²) in [6.45, 7) is 1.90. The van der Waals surface area contributed by atoms with Gasteiger partial charge < -0.3 is 9.47 Å². The molecule has 0 radical (unpaired) electrons.